The van der Waals surface area contributed by atoms with Crippen LogP contribution in [-0.2, 0) is 38.1 Å². The zero-order chi connectivity index (χ0) is 42.8. The van der Waals surface area contributed by atoms with E-state index in [2.05, 4.69) is 46.3 Å². The Morgan fingerprint density at radius 3 is 1.74 bits per heavy atom. The number of rotatable bonds is 38. The maximum Gasteiger partial charge on any atom is 0.251 e. The number of hydrogen-bond donors (Lipinski definition) is 7. The highest BCUT2D eigenvalue weighted by Crippen LogP contribution is 2.18. The number of carbonyl (C=O) groups excluding carboxylic acids is 6. The Balaban J connectivity index is 2.68. The molecule has 2 unspecified atom stereocenters. The first-order valence-corrected chi connectivity index (χ1v) is 19.2. The minimum absolute atomic E-state index is 0.0348. The lowest BCUT2D eigenvalue weighted by Gasteiger charge is -2.16. The Kier molecular flexibility index (Phi) is 28.9. The van der Waals surface area contributed by atoms with Crippen molar-refractivity contribution in [2.45, 2.75) is 57.0 Å². The molecule has 0 aromatic heterocycles. The van der Waals surface area contributed by atoms with Crippen LogP contribution in [-0.4, -0.2) is 139 Å². The largest absolute Gasteiger partial charge is 0.513 e. The van der Waals surface area contributed by atoms with Crippen molar-refractivity contribution in [1.82, 2.24) is 26.6 Å². The van der Waals surface area contributed by atoms with Gasteiger partial charge in [-0.1, -0.05) is 19.7 Å². The van der Waals surface area contributed by atoms with Gasteiger partial charge < -0.3 is 75.5 Å². The van der Waals surface area contributed by atoms with Crippen molar-refractivity contribution >= 4 is 36.6 Å². The molecule has 18 heteroatoms. The van der Waals surface area contributed by atoms with Crippen molar-refractivity contribution in [1.29, 1.82) is 0 Å². The van der Waals surface area contributed by atoms with Gasteiger partial charge in [-0.2, -0.15) is 0 Å². The first kappa shape index (κ1) is 50.9. The molecular formula is C40H62N6O12. The van der Waals surface area contributed by atoms with Gasteiger partial charge in [0.05, 0.1) is 70.7 Å². The molecule has 3 amide bonds. The highest BCUT2D eigenvalue weighted by Gasteiger charge is 2.16. The molecule has 324 valence electrons. The number of amides is 3. The molecule has 0 aliphatic carbocycles. The second-order valence-electron chi connectivity index (χ2n) is 12.8. The third kappa shape index (κ3) is 25.9. The van der Waals surface area contributed by atoms with Crippen LogP contribution in [0.4, 0.5) is 0 Å². The minimum Gasteiger partial charge on any atom is -0.513 e. The molecule has 0 saturated heterocycles. The Hall–Kier alpha value is -5.14. The number of allylic oxidation sites excluding steroid dienone is 1. The zero-order valence-corrected chi connectivity index (χ0v) is 33.4. The van der Waals surface area contributed by atoms with Gasteiger partial charge in [0.25, 0.3) is 11.8 Å². The maximum absolute atomic E-state index is 13.2. The summed E-state index contributed by atoms with van der Waals surface area (Å²) in [7, 11) is 0. The lowest BCUT2D eigenvalue weighted by molar-refractivity contribution is -0.124. The third-order valence-corrected chi connectivity index (χ3v) is 7.86. The number of nitrogens with two attached hydrogens (primary N) is 1. The Bertz CT molecular complexity index is 1440. The van der Waals surface area contributed by atoms with E-state index in [1.54, 1.807) is 0 Å². The summed E-state index contributed by atoms with van der Waals surface area (Å²) in [5, 5.41) is 23.3. The van der Waals surface area contributed by atoms with Gasteiger partial charge in [-0.3, -0.25) is 14.4 Å². The molecule has 1 rings (SSSR count). The van der Waals surface area contributed by atoms with Crippen LogP contribution >= 0.6 is 0 Å². The molecule has 0 radical (unpaired) electrons. The molecule has 0 bridgehead atoms. The van der Waals surface area contributed by atoms with Crippen molar-refractivity contribution in [3.8, 4) is 5.75 Å². The number of carbonyl (C=O) groups is 6. The first-order valence-electron chi connectivity index (χ1n) is 19.2. The molecule has 2 atom stereocenters. The molecule has 0 aliphatic heterocycles. The van der Waals surface area contributed by atoms with E-state index in [0.717, 1.165) is 5.70 Å². The average molecular weight is 819 g/mol. The first-order chi connectivity index (χ1) is 28.0. The molecule has 0 aliphatic rings. The molecule has 0 heterocycles. The van der Waals surface area contributed by atoms with E-state index < -0.39 is 29.8 Å². The van der Waals surface area contributed by atoms with Crippen LogP contribution in [0, 0.1) is 0 Å². The number of hydrogen-bond acceptors (Lipinski definition) is 15. The van der Waals surface area contributed by atoms with Crippen molar-refractivity contribution in [3.63, 3.8) is 0 Å². The van der Waals surface area contributed by atoms with Crippen LogP contribution in [0.3, 0.4) is 0 Å². The van der Waals surface area contributed by atoms with Crippen molar-refractivity contribution in [2.75, 3.05) is 85.6 Å². The molecule has 1 aromatic carbocycles. The fourth-order valence-electron chi connectivity index (χ4n) is 4.82. The van der Waals surface area contributed by atoms with Crippen molar-refractivity contribution in [2.24, 2.45) is 5.73 Å². The maximum atomic E-state index is 13.2. The number of benzene rings is 1. The van der Waals surface area contributed by atoms with Crippen molar-refractivity contribution < 1.29 is 57.6 Å². The standard InChI is InChI=1S/C40H62N6O12/c1-30(10-16-54-19-21-56-23-24-57-22-20-55-17-11-41)42-14-18-58-37-26-33(39(52)43-12-8-31(2)45-36(29-49)7-6-32(3)50)25-34(27-37)40(53)44-13-9-38(51)46-35(28-48)5-4-15-47/h15,25-29,35-36,42,45,50H,1-14,16-24,41H2,(H,43,52)(H,44,53)(H,46,51). The van der Waals surface area contributed by atoms with E-state index in [1.165, 1.54) is 18.2 Å². The van der Waals surface area contributed by atoms with Gasteiger partial charge in [0.1, 0.15) is 31.2 Å². The molecule has 0 spiro atoms. The van der Waals surface area contributed by atoms with E-state index in [-0.39, 0.29) is 68.0 Å². The molecular weight excluding hydrogens is 756 g/mol. The van der Waals surface area contributed by atoms with E-state index in [9.17, 15) is 33.9 Å². The lowest BCUT2D eigenvalue weighted by Crippen LogP contribution is -2.38. The van der Waals surface area contributed by atoms with Crippen LogP contribution in [0.5, 0.6) is 5.75 Å². The molecule has 58 heavy (non-hydrogen) atoms. The van der Waals surface area contributed by atoms with Gasteiger partial charge in [0.15, 0.2) is 0 Å². The third-order valence-electron chi connectivity index (χ3n) is 7.86. The van der Waals surface area contributed by atoms with Gasteiger partial charge in [-0.15, -0.1) is 0 Å². The monoisotopic (exact) mass is 818 g/mol. The SMILES string of the molecule is C=C(O)CCC(C=O)NC(=C)CCNC(=O)c1cc(OCCNC(=C)CCOCCOCCOCCOCCN)cc(C(=O)NCCC(=O)NC(C=O)CCC=O)c1. The zero-order valence-electron chi connectivity index (χ0n) is 33.4. The minimum atomic E-state index is -0.811. The summed E-state index contributed by atoms with van der Waals surface area (Å²) >= 11 is 0. The molecule has 8 N–H and O–H groups in total. The number of aliphatic hydroxyl groups is 1. The lowest BCUT2D eigenvalue weighted by atomic mass is 10.1. The quantitative estimate of drug-likeness (QED) is 0.0279. The summed E-state index contributed by atoms with van der Waals surface area (Å²) in [6.45, 7) is 16.1. The van der Waals surface area contributed by atoms with Gasteiger partial charge in [0, 0.05) is 80.8 Å². The smallest absolute Gasteiger partial charge is 0.251 e. The average Bonchev–Trinajstić information content (AvgIpc) is 3.21. The highest BCUT2D eigenvalue weighted by atomic mass is 16.6. The topological polar surface area (TPSA) is 255 Å². The Labute approximate surface area is 340 Å². The molecule has 0 fully saturated rings. The predicted octanol–water partition coefficient (Wildman–Crippen LogP) is 1.01. The summed E-state index contributed by atoms with van der Waals surface area (Å²) in [6.07, 6.45) is 3.48. The van der Waals surface area contributed by atoms with Gasteiger partial charge in [0.2, 0.25) is 5.91 Å². The van der Waals surface area contributed by atoms with E-state index in [1.807, 2.05) is 0 Å². The normalized spacial score (nSPS) is 11.7. The summed E-state index contributed by atoms with van der Waals surface area (Å²) in [4.78, 5) is 71.8. The Morgan fingerprint density at radius 2 is 1.19 bits per heavy atom. The van der Waals surface area contributed by atoms with Crippen LogP contribution in [0.2, 0.25) is 0 Å². The van der Waals surface area contributed by atoms with Gasteiger partial charge >= 0.3 is 0 Å². The highest BCUT2D eigenvalue weighted by molar-refractivity contribution is 6.00. The second-order valence-corrected chi connectivity index (χ2v) is 12.8. The molecule has 18 nitrogen and oxygen atoms in total. The number of ether oxygens (including phenoxy) is 5. The fourth-order valence-corrected chi connectivity index (χ4v) is 4.82. The second kappa shape index (κ2) is 32.9. The van der Waals surface area contributed by atoms with Gasteiger partial charge in [-0.05, 0) is 31.0 Å². The van der Waals surface area contributed by atoms with Crippen LogP contribution < -0.4 is 37.1 Å². The van der Waals surface area contributed by atoms with Crippen LogP contribution in [0.25, 0.3) is 0 Å². The van der Waals surface area contributed by atoms with Crippen LogP contribution in [0.15, 0.2) is 55.1 Å². The Morgan fingerprint density at radius 1 is 0.638 bits per heavy atom. The predicted molar refractivity (Wildman–Crippen MR) is 216 cm³/mol. The summed E-state index contributed by atoms with van der Waals surface area (Å²) < 4.78 is 27.6. The molecule has 0 saturated carbocycles. The van der Waals surface area contributed by atoms with Crippen molar-refractivity contribution in [3.05, 3.63) is 66.2 Å². The summed E-state index contributed by atoms with van der Waals surface area (Å²) in [5.74, 6) is -1.35. The summed E-state index contributed by atoms with van der Waals surface area (Å²) in [6, 6.07) is 2.95. The van der Waals surface area contributed by atoms with E-state index in [4.69, 9.17) is 29.4 Å². The number of aldehydes is 3. The van der Waals surface area contributed by atoms with Gasteiger partial charge in [-0.25, -0.2) is 0 Å². The number of aliphatic hydroxyl groups excluding tert-OH is 1. The van der Waals surface area contributed by atoms with Crippen LogP contribution in [0.1, 0.15) is 65.7 Å². The number of nitrogens with one attached hydrogen (secondary N) is 5. The molecule has 1 aromatic rings. The fraction of sp³-hybridized carbons (Fsp3) is 0.550. The van der Waals surface area contributed by atoms with E-state index >= 15 is 0 Å². The summed E-state index contributed by atoms with van der Waals surface area (Å²) in [5.41, 5.74) is 6.81. The van der Waals surface area contributed by atoms with E-state index in [0.29, 0.717) is 110 Å².